The second-order valence-corrected chi connectivity index (χ2v) is 20.4. The predicted molar refractivity (Wildman–Crippen MR) is 287 cm³/mol. The summed E-state index contributed by atoms with van der Waals surface area (Å²) in [6, 6.07) is -0.703. The second kappa shape index (κ2) is 54.3. The van der Waals surface area contributed by atoms with E-state index in [0.717, 1.165) is 64.2 Å². The molecular formula is C60H115NO5. The van der Waals surface area contributed by atoms with Gasteiger partial charge in [0.05, 0.1) is 25.2 Å². The molecule has 3 atom stereocenters. The first kappa shape index (κ1) is 64.3. The van der Waals surface area contributed by atoms with Crippen LogP contribution in [0.15, 0.2) is 24.3 Å². The smallest absolute Gasteiger partial charge is 0.306 e. The number of hydrogen-bond acceptors (Lipinski definition) is 5. The van der Waals surface area contributed by atoms with Crippen molar-refractivity contribution in [2.45, 2.75) is 341 Å². The van der Waals surface area contributed by atoms with E-state index in [1.165, 1.54) is 212 Å². The molecule has 0 aromatic heterocycles. The largest absolute Gasteiger partial charge is 0.462 e. The third-order valence-corrected chi connectivity index (χ3v) is 13.8. The van der Waals surface area contributed by atoms with Crippen molar-refractivity contribution in [2.75, 3.05) is 6.61 Å². The summed E-state index contributed by atoms with van der Waals surface area (Å²) < 4.78 is 5.97. The van der Waals surface area contributed by atoms with E-state index in [1.54, 1.807) is 0 Å². The van der Waals surface area contributed by atoms with Crippen molar-refractivity contribution < 1.29 is 24.5 Å². The molecule has 0 aromatic carbocycles. The van der Waals surface area contributed by atoms with Gasteiger partial charge in [-0.3, -0.25) is 9.59 Å². The monoisotopic (exact) mass is 930 g/mol. The number of rotatable bonds is 54. The lowest BCUT2D eigenvalue weighted by Gasteiger charge is -2.24. The van der Waals surface area contributed by atoms with Crippen LogP contribution in [0, 0.1) is 0 Å². The van der Waals surface area contributed by atoms with Gasteiger partial charge in [-0.2, -0.15) is 0 Å². The van der Waals surface area contributed by atoms with Gasteiger partial charge in [-0.25, -0.2) is 0 Å². The number of aliphatic hydroxyl groups is 2. The van der Waals surface area contributed by atoms with Crippen LogP contribution in [-0.2, 0) is 14.3 Å². The highest BCUT2D eigenvalue weighted by atomic mass is 16.5. The molecule has 6 heteroatoms. The molecular weight excluding hydrogens is 815 g/mol. The Balaban J connectivity index is 4.52. The lowest BCUT2D eigenvalue weighted by atomic mass is 10.0. The summed E-state index contributed by atoms with van der Waals surface area (Å²) in [6.07, 6.45) is 63.8. The minimum atomic E-state index is -0.788. The molecule has 0 aliphatic carbocycles. The molecule has 0 bridgehead atoms. The molecule has 3 unspecified atom stereocenters. The predicted octanol–water partition coefficient (Wildman–Crippen LogP) is 18.2. The number of hydrogen-bond donors (Lipinski definition) is 3. The van der Waals surface area contributed by atoms with Crippen molar-refractivity contribution in [3.8, 4) is 0 Å². The number of ether oxygens (including phenoxy) is 1. The Labute approximate surface area is 411 Å². The van der Waals surface area contributed by atoms with E-state index in [-0.39, 0.29) is 24.9 Å². The zero-order valence-corrected chi connectivity index (χ0v) is 44.6. The van der Waals surface area contributed by atoms with Crippen molar-refractivity contribution in [3.05, 3.63) is 24.3 Å². The molecule has 1 amide bonds. The fourth-order valence-electron chi connectivity index (χ4n) is 9.29. The number of carbonyl (C=O) groups excluding carboxylic acids is 2. The topological polar surface area (TPSA) is 95.9 Å². The van der Waals surface area contributed by atoms with Crippen LogP contribution in [0.5, 0.6) is 0 Å². The molecule has 0 radical (unpaired) electrons. The lowest BCUT2D eigenvalue weighted by molar-refractivity contribution is -0.151. The van der Waals surface area contributed by atoms with Gasteiger partial charge in [0.25, 0.3) is 0 Å². The lowest BCUT2D eigenvalue weighted by Crippen LogP contribution is -2.46. The maximum Gasteiger partial charge on any atom is 0.306 e. The maximum absolute atomic E-state index is 13.3. The van der Waals surface area contributed by atoms with E-state index in [4.69, 9.17) is 4.74 Å². The quantitative estimate of drug-likeness (QED) is 0.0321. The number of allylic oxidation sites excluding steroid dienone is 4. The van der Waals surface area contributed by atoms with E-state index in [0.29, 0.717) is 19.3 Å². The SMILES string of the molecule is CCCCC/C=C\C/C=C\CCCCCCCC(CC(=O)NC(CO)C(O)CCCCCCCCCCCCCCCCC)OC(=O)CCCCCCCCCCCCCCCCCCC. The number of carbonyl (C=O) groups is 2. The standard InChI is InChI=1S/C60H115NO5/c1-4-7-10-13-16-19-22-25-28-29-32-35-38-41-44-47-50-53-60(65)66-56(51-48-45-42-39-36-33-30-26-23-20-17-14-11-8-5-2)54-59(64)61-57(55-62)58(63)52-49-46-43-40-37-34-31-27-24-21-18-15-12-9-6-3/h17,20,26,30,56-58,62-63H,4-16,18-19,21-25,27-29,31-55H2,1-3H3,(H,61,64)/b20-17-,30-26-. The molecule has 0 saturated carbocycles. The summed E-state index contributed by atoms with van der Waals surface area (Å²) in [5, 5.41) is 23.9. The Morgan fingerprint density at radius 1 is 0.439 bits per heavy atom. The van der Waals surface area contributed by atoms with Gasteiger partial charge in [-0.15, -0.1) is 0 Å². The summed E-state index contributed by atoms with van der Waals surface area (Å²) >= 11 is 0. The van der Waals surface area contributed by atoms with Gasteiger partial charge in [-0.05, 0) is 57.8 Å². The Hall–Kier alpha value is -1.66. The van der Waals surface area contributed by atoms with Gasteiger partial charge < -0.3 is 20.3 Å². The Morgan fingerprint density at radius 3 is 1.18 bits per heavy atom. The van der Waals surface area contributed by atoms with Crippen LogP contribution in [0.2, 0.25) is 0 Å². The van der Waals surface area contributed by atoms with E-state index in [2.05, 4.69) is 50.4 Å². The molecule has 0 aliphatic heterocycles. The highest BCUT2D eigenvalue weighted by Gasteiger charge is 2.24. The zero-order chi connectivity index (χ0) is 48.1. The van der Waals surface area contributed by atoms with Crippen LogP contribution >= 0.6 is 0 Å². The van der Waals surface area contributed by atoms with E-state index < -0.39 is 18.2 Å². The van der Waals surface area contributed by atoms with Crippen LogP contribution in [0.4, 0.5) is 0 Å². The van der Waals surface area contributed by atoms with Crippen LogP contribution in [0.1, 0.15) is 323 Å². The maximum atomic E-state index is 13.3. The molecule has 6 nitrogen and oxygen atoms in total. The normalized spacial score (nSPS) is 13.2. The number of nitrogens with one attached hydrogen (secondary N) is 1. The van der Waals surface area contributed by atoms with Gasteiger partial charge >= 0.3 is 5.97 Å². The first-order chi connectivity index (χ1) is 32.5. The summed E-state index contributed by atoms with van der Waals surface area (Å²) in [5.41, 5.74) is 0. The van der Waals surface area contributed by atoms with Crippen LogP contribution in [0.25, 0.3) is 0 Å². The fourth-order valence-corrected chi connectivity index (χ4v) is 9.29. The molecule has 3 N–H and O–H groups in total. The van der Waals surface area contributed by atoms with Crippen LogP contribution in [-0.4, -0.2) is 46.9 Å². The average Bonchev–Trinajstić information content (AvgIpc) is 3.31. The fraction of sp³-hybridized carbons (Fsp3) is 0.900. The van der Waals surface area contributed by atoms with E-state index in [1.807, 2.05) is 0 Å². The molecule has 0 spiro atoms. The molecule has 0 rings (SSSR count). The van der Waals surface area contributed by atoms with E-state index >= 15 is 0 Å². The minimum absolute atomic E-state index is 0.0742. The van der Waals surface area contributed by atoms with E-state index in [9.17, 15) is 19.8 Å². The summed E-state index contributed by atoms with van der Waals surface area (Å²) in [6.45, 7) is 6.50. The highest BCUT2D eigenvalue weighted by molar-refractivity contribution is 5.77. The number of unbranched alkanes of at least 4 members (excludes halogenated alkanes) is 38. The Bertz CT molecular complexity index is 1040. The van der Waals surface area contributed by atoms with Crippen LogP contribution in [0.3, 0.4) is 0 Å². The third-order valence-electron chi connectivity index (χ3n) is 13.8. The summed E-state index contributed by atoms with van der Waals surface area (Å²) in [7, 11) is 0. The second-order valence-electron chi connectivity index (χ2n) is 20.4. The van der Waals surface area contributed by atoms with Crippen molar-refractivity contribution in [2.24, 2.45) is 0 Å². The number of esters is 1. The van der Waals surface area contributed by atoms with Crippen molar-refractivity contribution in [1.82, 2.24) is 5.32 Å². The minimum Gasteiger partial charge on any atom is -0.462 e. The number of amides is 1. The first-order valence-corrected chi connectivity index (χ1v) is 29.6. The molecule has 390 valence electrons. The van der Waals surface area contributed by atoms with Gasteiger partial charge in [0.15, 0.2) is 0 Å². The van der Waals surface area contributed by atoms with Gasteiger partial charge in [0, 0.05) is 6.42 Å². The van der Waals surface area contributed by atoms with Crippen molar-refractivity contribution in [3.63, 3.8) is 0 Å². The molecule has 0 aliphatic rings. The van der Waals surface area contributed by atoms with Crippen LogP contribution < -0.4 is 5.32 Å². The van der Waals surface area contributed by atoms with Gasteiger partial charge in [0.1, 0.15) is 6.10 Å². The van der Waals surface area contributed by atoms with Gasteiger partial charge in [-0.1, -0.05) is 276 Å². The summed E-state index contributed by atoms with van der Waals surface area (Å²) in [5.74, 6) is -0.467. The van der Waals surface area contributed by atoms with Crippen molar-refractivity contribution in [1.29, 1.82) is 0 Å². The van der Waals surface area contributed by atoms with Crippen molar-refractivity contribution >= 4 is 11.9 Å². The Kier molecular flexibility index (Phi) is 52.9. The molecule has 0 heterocycles. The summed E-state index contributed by atoms with van der Waals surface area (Å²) in [4.78, 5) is 26.3. The zero-order valence-electron chi connectivity index (χ0n) is 44.6. The molecule has 66 heavy (non-hydrogen) atoms. The third kappa shape index (κ3) is 48.8. The Morgan fingerprint density at radius 2 is 0.773 bits per heavy atom. The number of aliphatic hydroxyl groups excluding tert-OH is 2. The average molecular weight is 931 g/mol. The molecule has 0 aromatic rings. The van der Waals surface area contributed by atoms with Gasteiger partial charge in [0.2, 0.25) is 5.91 Å². The molecule has 0 saturated heterocycles. The first-order valence-electron chi connectivity index (χ1n) is 29.6. The molecule has 0 fully saturated rings. The highest BCUT2D eigenvalue weighted by Crippen LogP contribution is 2.19.